The van der Waals surface area contributed by atoms with Crippen molar-refractivity contribution in [3.05, 3.63) is 34.9 Å². The predicted molar refractivity (Wildman–Crippen MR) is 67.3 cm³/mol. The molecule has 0 aliphatic carbocycles. The maximum Gasteiger partial charge on any atom is 0.248 e. The van der Waals surface area contributed by atoms with Crippen molar-refractivity contribution in [1.82, 2.24) is 5.48 Å². The molecule has 1 aromatic carbocycles. The molecule has 0 unspecified atom stereocenters. The van der Waals surface area contributed by atoms with Gasteiger partial charge in [-0.05, 0) is 36.1 Å². The number of carbonyl (C=O) groups is 1. The molecule has 0 heterocycles. The number of hydrogen-bond acceptors (Lipinski definition) is 3. The SMILES string of the molecule is Cc1cc(C(N)=O)ccc1CNOCC(C)C. The van der Waals surface area contributed by atoms with E-state index in [9.17, 15) is 4.79 Å². The minimum absolute atomic E-state index is 0.399. The van der Waals surface area contributed by atoms with Gasteiger partial charge in [0.2, 0.25) is 5.91 Å². The van der Waals surface area contributed by atoms with E-state index < -0.39 is 5.91 Å². The first-order chi connectivity index (χ1) is 8.00. The quantitative estimate of drug-likeness (QED) is 0.584. The van der Waals surface area contributed by atoms with Gasteiger partial charge in [-0.25, -0.2) is 0 Å². The number of rotatable bonds is 6. The summed E-state index contributed by atoms with van der Waals surface area (Å²) < 4.78 is 0. The monoisotopic (exact) mass is 236 g/mol. The molecule has 0 aliphatic rings. The third-order valence-electron chi connectivity index (χ3n) is 2.41. The first kappa shape index (κ1) is 13.7. The van der Waals surface area contributed by atoms with Crippen LogP contribution in [0.25, 0.3) is 0 Å². The molecule has 17 heavy (non-hydrogen) atoms. The van der Waals surface area contributed by atoms with Crippen molar-refractivity contribution >= 4 is 5.91 Å². The fraction of sp³-hybridized carbons (Fsp3) is 0.462. The van der Waals surface area contributed by atoms with Crippen LogP contribution in [0.4, 0.5) is 0 Å². The highest BCUT2D eigenvalue weighted by Crippen LogP contribution is 2.10. The van der Waals surface area contributed by atoms with Crippen LogP contribution in [0.15, 0.2) is 18.2 Å². The van der Waals surface area contributed by atoms with Gasteiger partial charge in [0.15, 0.2) is 0 Å². The molecular weight excluding hydrogens is 216 g/mol. The Labute approximate surface area is 102 Å². The Morgan fingerprint density at radius 1 is 1.47 bits per heavy atom. The maximum atomic E-state index is 11.0. The molecule has 4 nitrogen and oxygen atoms in total. The Morgan fingerprint density at radius 3 is 2.71 bits per heavy atom. The molecule has 0 saturated heterocycles. The lowest BCUT2D eigenvalue weighted by molar-refractivity contribution is 0.0195. The number of carbonyl (C=O) groups excluding carboxylic acids is 1. The molecule has 0 aliphatic heterocycles. The predicted octanol–water partition coefficient (Wildman–Crippen LogP) is 1.77. The highest BCUT2D eigenvalue weighted by atomic mass is 16.6. The third-order valence-corrected chi connectivity index (χ3v) is 2.41. The van der Waals surface area contributed by atoms with Crippen LogP contribution >= 0.6 is 0 Å². The normalized spacial score (nSPS) is 10.8. The number of nitrogens with one attached hydrogen (secondary N) is 1. The van der Waals surface area contributed by atoms with Gasteiger partial charge in [0.25, 0.3) is 0 Å². The molecule has 0 spiro atoms. The lowest BCUT2D eigenvalue weighted by Gasteiger charge is -2.10. The van der Waals surface area contributed by atoms with Crippen molar-refractivity contribution < 1.29 is 9.63 Å². The number of benzene rings is 1. The van der Waals surface area contributed by atoms with E-state index in [4.69, 9.17) is 10.6 Å². The van der Waals surface area contributed by atoms with Crippen LogP contribution in [0.1, 0.15) is 35.3 Å². The fourth-order valence-corrected chi connectivity index (χ4v) is 1.40. The molecule has 0 bridgehead atoms. The molecule has 0 fully saturated rings. The summed E-state index contributed by atoms with van der Waals surface area (Å²) in [4.78, 5) is 16.3. The highest BCUT2D eigenvalue weighted by molar-refractivity contribution is 5.93. The largest absolute Gasteiger partial charge is 0.366 e. The topological polar surface area (TPSA) is 64.4 Å². The van der Waals surface area contributed by atoms with Gasteiger partial charge in [-0.3, -0.25) is 4.79 Å². The average Bonchev–Trinajstić information content (AvgIpc) is 2.25. The summed E-state index contributed by atoms with van der Waals surface area (Å²) in [5.41, 5.74) is 10.8. The molecule has 94 valence electrons. The molecular formula is C13H20N2O2. The number of primary amides is 1. The Kier molecular flexibility index (Phi) is 5.12. The Balaban J connectivity index is 2.52. The van der Waals surface area contributed by atoms with E-state index in [1.54, 1.807) is 12.1 Å². The highest BCUT2D eigenvalue weighted by Gasteiger charge is 2.04. The zero-order chi connectivity index (χ0) is 12.8. The molecule has 1 rings (SSSR count). The van der Waals surface area contributed by atoms with E-state index in [0.717, 1.165) is 11.1 Å². The van der Waals surface area contributed by atoms with Crippen molar-refractivity contribution in [3.63, 3.8) is 0 Å². The summed E-state index contributed by atoms with van der Waals surface area (Å²) in [5, 5.41) is 0. The summed E-state index contributed by atoms with van der Waals surface area (Å²) in [6.07, 6.45) is 0. The van der Waals surface area contributed by atoms with Crippen LogP contribution in [-0.4, -0.2) is 12.5 Å². The number of nitrogens with two attached hydrogens (primary N) is 1. The number of hydrogen-bond donors (Lipinski definition) is 2. The van der Waals surface area contributed by atoms with Gasteiger partial charge in [0, 0.05) is 12.1 Å². The van der Waals surface area contributed by atoms with Crippen molar-refractivity contribution in [1.29, 1.82) is 0 Å². The molecule has 0 aromatic heterocycles. The van der Waals surface area contributed by atoms with Crippen LogP contribution in [0.2, 0.25) is 0 Å². The number of hydroxylamine groups is 1. The van der Waals surface area contributed by atoms with Crippen LogP contribution in [0, 0.1) is 12.8 Å². The van der Waals surface area contributed by atoms with Crippen LogP contribution in [0.3, 0.4) is 0 Å². The number of amides is 1. The van der Waals surface area contributed by atoms with Gasteiger partial charge in [-0.15, -0.1) is 0 Å². The first-order valence-corrected chi connectivity index (χ1v) is 5.74. The zero-order valence-corrected chi connectivity index (χ0v) is 10.6. The molecule has 0 saturated carbocycles. The van der Waals surface area contributed by atoms with Gasteiger partial charge in [-0.2, -0.15) is 5.48 Å². The van der Waals surface area contributed by atoms with E-state index >= 15 is 0 Å². The first-order valence-electron chi connectivity index (χ1n) is 5.74. The average molecular weight is 236 g/mol. The van der Waals surface area contributed by atoms with Crippen LogP contribution < -0.4 is 11.2 Å². The summed E-state index contributed by atoms with van der Waals surface area (Å²) in [6.45, 7) is 7.44. The summed E-state index contributed by atoms with van der Waals surface area (Å²) in [6, 6.07) is 5.41. The standard InChI is InChI=1S/C13H20N2O2/c1-9(2)8-17-15-7-12-5-4-11(13(14)16)6-10(12)3/h4-6,9,15H,7-8H2,1-3H3,(H2,14,16). The van der Waals surface area contributed by atoms with Crippen molar-refractivity contribution in [2.24, 2.45) is 11.7 Å². The number of aryl methyl sites for hydroxylation is 1. The van der Waals surface area contributed by atoms with Gasteiger partial charge >= 0.3 is 0 Å². The van der Waals surface area contributed by atoms with Gasteiger partial charge in [0.1, 0.15) is 0 Å². The summed E-state index contributed by atoms with van der Waals surface area (Å²) >= 11 is 0. The van der Waals surface area contributed by atoms with E-state index in [2.05, 4.69) is 19.3 Å². The van der Waals surface area contributed by atoms with Gasteiger partial charge < -0.3 is 10.6 Å². The molecule has 0 radical (unpaired) electrons. The third kappa shape index (κ3) is 4.54. The minimum Gasteiger partial charge on any atom is -0.366 e. The second-order valence-electron chi connectivity index (χ2n) is 4.53. The lowest BCUT2D eigenvalue weighted by Crippen LogP contribution is -2.18. The van der Waals surface area contributed by atoms with E-state index in [-0.39, 0.29) is 0 Å². The molecule has 0 atom stereocenters. The Hall–Kier alpha value is -1.39. The van der Waals surface area contributed by atoms with E-state index in [0.29, 0.717) is 24.6 Å². The minimum atomic E-state index is -0.399. The smallest absolute Gasteiger partial charge is 0.248 e. The lowest BCUT2D eigenvalue weighted by atomic mass is 10.1. The van der Waals surface area contributed by atoms with Gasteiger partial charge in [0.05, 0.1) is 6.61 Å². The Bertz CT molecular complexity index is 389. The van der Waals surface area contributed by atoms with Crippen LogP contribution in [0.5, 0.6) is 0 Å². The molecule has 3 N–H and O–H groups in total. The molecule has 4 heteroatoms. The van der Waals surface area contributed by atoms with Crippen LogP contribution in [-0.2, 0) is 11.4 Å². The molecule has 1 aromatic rings. The van der Waals surface area contributed by atoms with Crippen molar-refractivity contribution in [3.8, 4) is 0 Å². The van der Waals surface area contributed by atoms with Crippen molar-refractivity contribution in [2.75, 3.05) is 6.61 Å². The van der Waals surface area contributed by atoms with E-state index in [1.807, 2.05) is 13.0 Å². The van der Waals surface area contributed by atoms with E-state index in [1.165, 1.54) is 0 Å². The Morgan fingerprint density at radius 2 is 2.18 bits per heavy atom. The zero-order valence-electron chi connectivity index (χ0n) is 10.6. The summed E-state index contributed by atoms with van der Waals surface area (Å²) in [7, 11) is 0. The van der Waals surface area contributed by atoms with Gasteiger partial charge in [-0.1, -0.05) is 19.9 Å². The second kappa shape index (κ2) is 6.37. The summed E-state index contributed by atoms with van der Waals surface area (Å²) in [5.74, 6) is 0.101. The maximum absolute atomic E-state index is 11.0. The van der Waals surface area contributed by atoms with Crippen molar-refractivity contribution in [2.45, 2.75) is 27.3 Å². The fourth-order valence-electron chi connectivity index (χ4n) is 1.40. The second-order valence-corrected chi connectivity index (χ2v) is 4.53. The molecule has 1 amide bonds.